The van der Waals surface area contributed by atoms with Crippen LogP contribution >= 0.6 is 0 Å². The van der Waals surface area contributed by atoms with Crippen LogP contribution in [0.3, 0.4) is 0 Å². The molecule has 1 aliphatic rings. The maximum absolute atomic E-state index is 6.00. The van der Waals surface area contributed by atoms with Crippen LogP contribution < -0.4 is 10.1 Å². The van der Waals surface area contributed by atoms with Crippen molar-refractivity contribution >= 4 is 5.82 Å². The van der Waals surface area contributed by atoms with E-state index in [1.165, 1.54) is 0 Å². The summed E-state index contributed by atoms with van der Waals surface area (Å²) in [5.41, 5.74) is 0. The molecule has 2 unspecified atom stereocenters. The Morgan fingerprint density at radius 2 is 2.00 bits per heavy atom. The van der Waals surface area contributed by atoms with Crippen molar-refractivity contribution in [1.82, 2.24) is 9.97 Å². The lowest BCUT2D eigenvalue weighted by molar-refractivity contribution is -0.0730. The third kappa shape index (κ3) is 4.05. The highest BCUT2D eigenvalue weighted by molar-refractivity contribution is 5.37. The number of hydrogen-bond acceptors (Lipinski definition) is 6. The predicted octanol–water partition coefficient (Wildman–Crippen LogP) is 2.00. The summed E-state index contributed by atoms with van der Waals surface area (Å²) < 4.78 is 16.8. The quantitative estimate of drug-likeness (QED) is 0.890. The van der Waals surface area contributed by atoms with Crippen molar-refractivity contribution in [2.45, 2.75) is 51.6 Å². The van der Waals surface area contributed by atoms with E-state index in [0.29, 0.717) is 18.3 Å². The highest BCUT2D eigenvalue weighted by atomic mass is 16.5. The molecule has 1 aromatic rings. The van der Waals surface area contributed by atoms with Gasteiger partial charge < -0.3 is 19.5 Å². The standard InChI is InChI=1S/C14H23N3O3/c1-9-5-11(6-10(2)19-9)20-14-7-12(15-3)16-13(17-14)8-18-4/h7,9-11H,5-6,8H2,1-4H3,(H,15,16,17). The largest absolute Gasteiger partial charge is 0.474 e. The van der Waals surface area contributed by atoms with E-state index in [0.717, 1.165) is 18.7 Å². The van der Waals surface area contributed by atoms with Gasteiger partial charge in [-0.05, 0) is 13.8 Å². The molecule has 6 nitrogen and oxygen atoms in total. The Kier molecular flexibility index (Phi) is 5.14. The number of nitrogens with zero attached hydrogens (tertiary/aromatic N) is 2. The van der Waals surface area contributed by atoms with Gasteiger partial charge in [0.2, 0.25) is 5.88 Å². The molecule has 2 rings (SSSR count). The second kappa shape index (κ2) is 6.85. The molecule has 20 heavy (non-hydrogen) atoms. The van der Waals surface area contributed by atoms with E-state index in [1.54, 1.807) is 7.11 Å². The van der Waals surface area contributed by atoms with Crippen molar-refractivity contribution in [3.05, 3.63) is 11.9 Å². The van der Waals surface area contributed by atoms with Crippen molar-refractivity contribution in [2.75, 3.05) is 19.5 Å². The smallest absolute Gasteiger partial charge is 0.219 e. The Balaban J connectivity index is 2.09. The number of nitrogens with one attached hydrogen (secondary N) is 1. The number of methoxy groups -OCH3 is 1. The monoisotopic (exact) mass is 281 g/mol. The molecule has 0 saturated carbocycles. The molecule has 0 amide bonds. The van der Waals surface area contributed by atoms with Gasteiger partial charge in [-0.1, -0.05) is 0 Å². The van der Waals surface area contributed by atoms with E-state index in [-0.39, 0.29) is 18.3 Å². The fraction of sp³-hybridized carbons (Fsp3) is 0.714. The predicted molar refractivity (Wildman–Crippen MR) is 76.0 cm³/mol. The molecular weight excluding hydrogens is 258 g/mol. The average molecular weight is 281 g/mol. The van der Waals surface area contributed by atoms with Gasteiger partial charge in [0.05, 0.1) is 12.2 Å². The third-order valence-electron chi connectivity index (χ3n) is 3.22. The highest BCUT2D eigenvalue weighted by Gasteiger charge is 2.26. The summed E-state index contributed by atoms with van der Waals surface area (Å²) in [5, 5.41) is 3.01. The van der Waals surface area contributed by atoms with Gasteiger partial charge in [-0.3, -0.25) is 0 Å². The van der Waals surface area contributed by atoms with Gasteiger partial charge in [-0.25, -0.2) is 4.98 Å². The van der Waals surface area contributed by atoms with Crippen molar-refractivity contribution in [3.63, 3.8) is 0 Å². The fourth-order valence-electron chi connectivity index (χ4n) is 2.47. The van der Waals surface area contributed by atoms with Crippen molar-refractivity contribution in [3.8, 4) is 5.88 Å². The van der Waals surface area contributed by atoms with Crippen LogP contribution in [0.2, 0.25) is 0 Å². The molecule has 0 bridgehead atoms. The summed E-state index contributed by atoms with van der Waals surface area (Å²) in [4.78, 5) is 8.69. The summed E-state index contributed by atoms with van der Waals surface area (Å²) in [6.07, 6.45) is 2.32. The lowest BCUT2D eigenvalue weighted by Gasteiger charge is -2.32. The average Bonchev–Trinajstić information content (AvgIpc) is 2.37. The van der Waals surface area contributed by atoms with Gasteiger partial charge >= 0.3 is 0 Å². The first-order valence-electron chi connectivity index (χ1n) is 6.97. The zero-order valence-corrected chi connectivity index (χ0v) is 12.5. The maximum atomic E-state index is 6.00. The topological polar surface area (TPSA) is 65.5 Å². The SMILES string of the molecule is CNc1cc(OC2CC(C)OC(C)C2)nc(COC)n1. The van der Waals surface area contributed by atoms with Gasteiger partial charge in [0.15, 0.2) is 5.82 Å². The van der Waals surface area contributed by atoms with E-state index in [4.69, 9.17) is 14.2 Å². The molecule has 0 radical (unpaired) electrons. The lowest BCUT2D eigenvalue weighted by Crippen LogP contribution is -2.35. The summed E-state index contributed by atoms with van der Waals surface area (Å²) >= 11 is 0. The first-order valence-corrected chi connectivity index (χ1v) is 6.97. The molecule has 1 saturated heterocycles. The molecule has 1 aliphatic heterocycles. The number of hydrogen-bond donors (Lipinski definition) is 1. The van der Waals surface area contributed by atoms with Crippen LogP contribution in [0.15, 0.2) is 6.07 Å². The van der Waals surface area contributed by atoms with Gasteiger partial charge in [0.25, 0.3) is 0 Å². The Morgan fingerprint density at radius 1 is 1.30 bits per heavy atom. The lowest BCUT2D eigenvalue weighted by atomic mass is 10.0. The van der Waals surface area contributed by atoms with Crippen LogP contribution in [0.5, 0.6) is 5.88 Å². The van der Waals surface area contributed by atoms with Crippen LogP contribution in [0.4, 0.5) is 5.82 Å². The van der Waals surface area contributed by atoms with Gasteiger partial charge in [0.1, 0.15) is 18.5 Å². The normalized spacial score (nSPS) is 26.3. The number of rotatable bonds is 5. The van der Waals surface area contributed by atoms with E-state index < -0.39 is 0 Å². The maximum Gasteiger partial charge on any atom is 0.219 e. The minimum Gasteiger partial charge on any atom is -0.474 e. The van der Waals surface area contributed by atoms with E-state index in [9.17, 15) is 0 Å². The number of anilines is 1. The molecular formula is C14H23N3O3. The van der Waals surface area contributed by atoms with E-state index >= 15 is 0 Å². The van der Waals surface area contributed by atoms with Gasteiger partial charge in [-0.2, -0.15) is 4.98 Å². The molecule has 112 valence electrons. The van der Waals surface area contributed by atoms with Crippen LogP contribution in [0.1, 0.15) is 32.5 Å². The number of ether oxygens (including phenoxy) is 3. The Morgan fingerprint density at radius 3 is 2.60 bits per heavy atom. The van der Waals surface area contributed by atoms with Crippen LogP contribution in [0.25, 0.3) is 0 Å². The molecule has 2 atom stereocenters. The molecule has 2 heterocycles. The number of aromatic nitrogens is 2. The van der Waals surface area contributed by atoms with Crippen LogP contribution in [0, 0.1) is 0 Å². The van der Waals surface area contributed by atoms with Crippen molar-refractivity contribution < 1.29 is 14.2 Å². The van der Waals surface area contributed by atoms with Gasteiger partial charge in [0, 0.05) is 33.1 Å². The van der Waals surface area contributed by atoms with Gasteiger partial charge in [-0.15, -0.1) is 0 Å². The third-order valence-corrected chi connectivity index (χ3v) is 3.22. The summed E-state index contributed by atoms with van der Waals surface area (Å²) in [7, 11) is 3.44. The second-order valence-corrected chi connectivity index (χ2v) is 5.16. The zero-order valence-electron chi connectivity index (χ0n) is 12.5. The Bertz CT molecular complexity index is 432. The molecule has 6 heteroatoms. The molecule has 1 fully saturated rings. The first kappa shape index (κ1) is 15.0. The summed E-state index contributed by atoms with van der Waals surface area (Å²) in [5.74, 6) is 1.93. The second-order valence-electron chi connectivity index (χ2n) is 5.16. The van der Waals surface area contributed by atoms with E-state index in [1.807, 2.05) is 13.1 Å². The minimum atomic E-state index is 0.128. The molecule has 1 N–H and O–H groups in total. The Labute approximate surface area is 119 Å². The first-order chi connectivity index (χ1) is 9.60. The molecule has 0 aliphatic carbocycles. The highest BCUT2D eigenvalue weighted by Crippen LogP contribution is 2.24. The zero-order chi connectivity index (χ0) is 14.5. The van der Waals surface area contributed by atoms with Crippen LogP contribution in [-0.2, 0) is 16.1 Å². The fourth-order valence-corrected chi connectivity index (χ4v) is 2.47. The molecule has 0 spiro atoms. The van der Waals surface area contributed by atoms with Crippen molar-refractivity contribution in [2.24, 2.45) is 0 Å². The summed E-state index contributed by atoms with van der Waals surface area (Å²) in [6.45, 7) is 4.51. The van der Waals surface area contributed by atoms with E-state index in [2.05, 4.69) is 29.1 Å². The Hall–Kier alpha value is -1.40. The molecule has 1 aromatic heterocycles. The van der Waals surface area contributed by atoms with Crippen molar-refractivity contribution in [1.29, 1.82) is 0 Å². The minimum absolute atomic E-state index is 0.128. The van der Waals surface area contributed by atoms with Crippen LogP contribution in [-0.4, -0.2) is 42.4 Å². The summed E-state index contributed by atoms with van der Waals surface area (Å²) in [6, 6.07) is 1.81. The molecule has 0 aromatic carbocycles.